The van der Waals surface area contributed by atoms with Crippen LogP contribution >= 0.6 is 11.8 Å². The van der Waals surface area contributed by atoms with Gasteiger partial charge in [-0.05, 0) is 31.5 Å². The zero-order valence-corrected chi connectivity index (χ0v) is 17.0. The van der Waals surface area contributed by atoms with Crippen molar-refractivity contribution in [2.75, 3.05) is 13.1 Å². The summed E-state index contributed by atoms with van der Waals surface area (Å²) >= 11 is 1.29. The Kier molecular flexibility index (Phi) is 5.39. The fourth-order valence-electron chi connectivity index (χ4n) is 3.21. The Balaban J connectivity index is 1.65. The molecule has 8 nitrogen and oxygen atoms in total. The molecule has 1 saturated heterocycles. The fourth-order valence-corrected chi connectivity index (χ4v) is 4.12. The van der Waals surface area contributed by atoms with Gasteiger partial charge in [-0.1, -0.05) is 36.0 Å². The number of aromatic nitrogens is 3. The van der Waals surface area contributed by atoms with Gasteiger partial charge in [0, 0.05) is 18.7 Å². The van der Waals surface area contributed by atoms with E-state index in [0.29, 0.717) is 30.6 Å². The molecule has 150 valence electrons. The number of hydrogen-bond donors (Lipinski definition) is 1. The number of amides is 3. The first-order valence-corrected chi connectivity index (χ1v) is 10.2. The number of carbonyl (C=O) groups is 2. The van der Waals surface area contributed by atoms with E-state index < -0.39 is 5.25 Å². The minimum atomic E-state index is -0.483. The number of carbonyl (C=O) groups excluding carboxylic acids is 2. The highest BCUT2D eigenvalue weighted by atomic mass is 32.2. The second-order valence-electron chi connectivity index (χ2n) is 6.77. The number of furan rings is 1. The van der Waals surface area contributed by atoms with E-state index in [4.69, 9.17) is 4.42 Å². The number of aryl methyl sites for hydroxylation is 1. The summed E-state index contributed by atoms with van der Waals surface area (Å²) in [7, 11) is 0. The molecule has 1 fully saturated rings. The maximum absolute atomic E-state index is 12.7. The van der Waals surface area contributed by atoms with Gasteiger partial charge in [-0.2, -0.15) is 0 Å². The van der Waals surface area contributed by atoms with Gasteiger partial charge in [0.2, 0.25) is 5.91 Å². The molecule has 3 heterocycles. The number of rotatable bonds is 6. The number of benzene rings is 1. The van der Waals surface area contributed by atoms with Crippen molar-refractivity contribution >= 4 is 23.7 Å². The van der Waals surface area contributed by atoms with Gasteiger partial charge < -0.3 is 9.73 Å². The molecule has 4 rings (SSSR count). The molecule has 29 heavy (non-hydrogen) atoms. The number of thioether (sulfide) groups is 1. The molecule has 0 aliphatic carbocycles. The Bertz CT molecular complexity index is 1030. The first-order valence-electron chi connectivity index (χ1n) is 9.32. The number of nitrogens with zero attached hydrogens (tertiary/aromatic N) is 4. The van der Waals surface area contributed by atoms with Gasteiger partial charge in [0.05, 0.1) is 18.1 Å². The van der Waals surface area contributed by atoms with Crippen molar-refractivity contribution in [3.8, 4) is 11.4 Å². The van der Waals surface area contributed by atoms with E-state index >= 15 is 0 Å². The zero-order chi connectivity index (χ0) is 20.4. The van der Waals surface area contributed by atoms with E-state index in [1.54, 1.807) is 13.2 Å². The SMILES string of the molecule is Cc1ccccc1-c1nnc(SC(C)C(=O)N2CCNC2=O)n1Cc1ccco1. The lowest BCUT2D eigenvalue weighted by Crippen LogP contribution is -2.39. The lowest BCUT2D eigenvalue weighted by molar-refractivity contribution is -0.126. The largest absolute Gasteiger partial charge is 0.467 e. The van der Waals surface area contributed by atoms with Gasteiger partial charge in [-0.25, -0.2) is 4.79 Å². The first-order chi connectivity index (χ1) is 14.0. The van der Waals surface area contributed by atoms with Crippen LogP contribution in [0.3, 0.4) is 0 Å². The number of nitrogens with one attached hydrogen (secondary N) is 1. The second kappa shape index (κ2) is 8.12. The van der Waals surface area contributed by atoms with Crippen molar-refractivity contribution in [3.63, 3.8) is 0 Å². The standard InChI is InChI=1S/C20H21N5O3S/c1-13-6-3-4-8-16(13)17-22-23-20(25(17)12-15-7-5-11-28-15)29-14(2)18(26)24-10-9-21-19(24)27/h3-8,11,14H,9-10,12H2,1-2H3,(H,21,27). The summed E-state index contributed by atoms with van der Waals surface area (Å²) in [5.41, 5.74) is 2.05. The van der Waals surface area contributed by atoms with Gasteiger partial charge in [0.25, 0.3) is 0 Å². The number of urea groups is 1. The van der Waals surface area contributed by atoms with Crippen molar-refractivity contribution < 1.29 is 14.0 Å². The Labute approximate surface area is 172 Å². The van der Waals surface area contributed by atoms with Crippen LogP contribution in [0.15, 0.2) is 52.2 Å². The van der Waals surface area contributed by atoms with Crippen LogP contribution in [0.4, 0.5) is 4.79 Å². The highest BCUT2D eigenvalue weighted by Crippen LogP contribution is 2.30. The average molecular weight is 411 g/mol. The smallest absolute Gasteiger partial charge is 0.324 e. The molecule has 2 aromatic heterocycles. The highest BCUT2D eigenvalue weighted by molar-refractivity contribution is 8.00. The van der Waals surface area contributed by atoms with Crippen molar-refractivity contribution in [1.29, 1.82) is 0 Å². The van der Waals surface area contributed by atoms with E-state index in [0.717, 1.165) is 16.9 Å². The molecule has 1 aromatic carbocycles. The third-order valence-corrected chi connectivity index (χ3v) is 5.82. The Hall–Kier alpha value is -3.07. The highest BCUT2D eigenvalue weighted by Gasteiger charge is 2.31. The Morgan fingerprint density at radius 1 is 1.28 bits per heavy atom. The molecule has 1 aliphatic heterocycles. The summed E-state index contributed by atoms with van der Waals surface area (Å²) < 4.78 is 7.46. The third-order valence-electron chi connectivity index (χ3n) is 4.75. The first kappa shape index (κ1) is 19.3. The Morgan fingerprint density at radius 3 is 2.79 bits per heavy atom. The molecule has 0 bridgehead atoms. The molecule has 9 heteroatoms. The molecule has 1 unspecified atom stereocenters. The number of imide groups is 1. The van der Waals surface area contributed by atoms with Crippen LogP contribution in [0.5, 0.6) is 0 Å². The lowest BCUT2D eigenvalue weighted by Gasteiger charge is -2.17. The van der Waals surface area contributed by atoms with Crippen molar-refractivity contribution in [2.24, 2.45) is 0 Å². The van der Waals surface area contributed by atoms with Crippen LogP contribution < -0.4 is 5.32 Å². The summed E-state index contributed by atoms with van der Waals surface area (Å²) in [4.78, 5) is 25.7. The van der Waals surface area contributed by atoms with Crippen molar-refractivity contribution in [1.82, 2.24) is 25.0 Å². The zero-order valence-electron chi connectivity index (χ0n) is 16.2. The van der Waals surface area contributed by atoms with Crippen LogP contribution in [0.1, 0.15) is 18.2 Å². The van der Waals surface area contributed by atoms with E-state index in [1.807, 2.05) is 47.9 Å². The van der Waals surface area contributed by atoms with E-state index in [-0.39, 0.29) is 11.9 Å². The molecular weight excluding hydrogens is 390 g/mol. The van der Waals surface area contributed by atoms with Gasteiger partial charge in [-0.15, -0.1) is 10.2 Å². The Morgan fingerprint density at radius 2 is 2.10 bits per heavy atom. The van der Waals surface area contributed by atoms with E-state index in [2.05, 4.69) is 15.5 Å². The van der Waals surface area contributed by atoms with E-state index in [9.17, 15) is 9.59 Å². The topological polar surface area (TPSA) is 93.3 Å². The van der Waals surface area contributed by atoms with Crippen molar-refractivity contribution in [3.05, 3.63) is 54.0 Å². The van der Waals surface area contributed by atoms with Crippen LogP contribution in [0, 0.1) is 6.92 Å². The lowest BCUT2D eigenvalue weighted by atomic mass is 10.1. The third kappa shape index (κ3) is 3.91. The molecule has 1 atom stereocenters. The predicted octanol–water partition coefficient (Wildman–Crippen LogP) is 2.93. The van der Waals surface area contributed by atoms with Gasteiger partial charge in [0.1, 0.15) is 5.76 Å². The van der Waals surface area contributed by atoms with Gasteiger partial charge in [-0.3, -0.25) is 14.3 Å². The van der Waals surface area contributed by atoms with Crippen LogP contribution in [0.25, 0.3) is 11.4 Å². The average Bonchev–Trinajstić information content (AvgIpc) is 3.45. The van der Waals surface area contributed by atoms with E-state index in [1.165, 1.54) is 16.7 Å². The maximum Gasteiger partial charge on any atom is 0.324 e. The maximum atomic E-state index is 12.7. The molecule has 3 amide bonds. The molecule has 0 saturated carbocycles. The summed E-state index contributed by atoms with van der Waals surface area (Å²) in [6, 6.07) is 11.3. The second-order valence-corrected chi connectivity index (χ2v) is 8.08. The van der Waals surface area contributed by atoms with Gasteiger partial charge >= 0.3 is 6.03 Å². The predicted molar refractivity (Wildman–Crippen MR) is 108 cm³/mol. The van der Waals surface area contributed by atoms with Crippen LogP contribution in [0.2, 0.25) is 0 Å². The molecule has 0 spiro atoms. The van der Waals surface area contributed by atoms with Crippen LogP contribution in [-0.4, -0.2) is 49.9 Å². The summed E-state index contributed by atoms with van der Waals surface area (Å²) in [5, 5.41) is 11.5. The van der Waals surface area contributed by atoms with Crippen molar-refractivity contribution in [2.45, 2.75) is 30.8 Å². The monoisotopic (exact) mass is 411 g/mol. The minimum absolute atomic E-state index is 0.241. The molecule has 0 radical (unpaired) electrons. The normalized spacial score (nSPS) is 14.8. The molecule has 1 aliphatic rings. The summed E-state index contributed by atoms with van der Waals surface area (Å²) in [6.07, 6.45) is 1.62. The van der Waals surface area contributed by atoms with Gasteiger partial charge in [0.15, 0.2) is 11.0 Å². The minimum Gasteiger partial charge on any atom is -0.467 e. The summed E-state index contributed by atoms with van der Waals surface area (Å²) in [5.74, 6) is 1.23. The molecular formula is C20H21N5O3S. The summed E-state index contributed by atoms with van der Waals surface area (Å²) in [6.45, 7) is 5.10. The molecule has 3 aromatic rings. The number of hydrogen-bond acceptors (Lipinski definition) is 6. The molecule has 1 N–H and O–H groups in total. The quantitative estimate of drug-likeness (QED) is 0.627. The van der Waals surface area contributed by atoms with Crippen LogP contribution in [-0.2, 0) is 11.3 Å². The fraction of sp³-hybridized carbons (Fsp3) is 0.300.